The fraction of sp³-hybridized carbons (Fsp3) is 0.278. The lowest BCUT2D eigenvalue weighted by molar-refractivity contribution is 0.0749. The predicted molar refractivity (Wildman–Crippen MR) is 94.5 cm³/mol. The van der Waals surface area contributed by atoms with Crippen molar-refractivity contribution in [3.05, 3.63) is 63.9 Å². The molecule has 2 aromatic heterocycles. The van der Waals surface area contributed by atoms with Crippen molar-refractivity contribution in [1.82, 2.24) is 15.0 Å². The molecular weight excluding hydrogens is 338 g/mol. The van der Waals surface area contributed by atoms with E-state index in [1.54, 1.807) is 35.3 Å². The summed E-state index contributed by atoms with van der Waals surface area (Å²) in [7, 11) is 0. The largest absolute Gasteiger partial charge is 0.485 e. The molecule has 0 unspecified atom stereocenters. The van der Waals surface area contributed by atoms with Crippen LogP contribution in [0.5, 0.6) is 5.75 Å². The van der Waals surface area contributed by atoms with Gasteiger partial charge in [-0.1, -0.05) is 23.4 Å². The van der Waals surface area contributed by atoms with E-state index in [1.165, 1.54) is 0 Å². The van der Waals surface area contributed by atoms with Crippen LogP contribution >= 0.6 is 11.3 Å². The number of benzene rings is 1. The zero-order valence-electron chi connectivity index (χ0n) is 14.1. The molecule has 6 nitrogen and oxygen atoms in total. The van der Waals surface area contributed by atoms with Crippen molar-refractivity contribution in [2.75, 3.05) is 6.54 Å². The number of amides is 1. The maximum absolute atomic E-state index is 12.9. The molecule has 25 heavy (non-hydrogen) atoms. The molecule has 3 aromatic rings. The summed E-state index contributed by atoms with van der Waals surface area (Å²) in [5, 5.41) is 5.81. The van der Waals surface area contributed by atoms with Gasteiger partial charge in [0.25, 0.3) is 5.91 Å². The summed E-state index contributed by atoms with van der Waals surface area (Å²) >= 11 is 1.64. The van der Waals surface area contributed by atoms with Gasteiger partial charge in [-0.3, -0.25) is 4.79 Å². The Labute approximate surface area is 150 Å². The number of aromatic nitrogens is 2. The molecule has 0 atom stereocenters. The molecule has 0 radical (unpaired) electrons. The van der Waals surface area contributed by atoms with Crippen molar-refractivity contribution in [3.63, 3.8) is 0 Å². The van der Waals surface area contributed by atoms with Crippen LogP contribution in [0, 0.1) is 6.92 Å². The Morgan fingerprint density at radius 2 is 2.12 bits per heavy atom. The topological polar surface area (TPSA) is 68.5 Å². The third kappa shape index (κ3) is 4.24. The molecular formula is C18H19N3O3S. The normalized spacial score (nSPS) is 10.6. The van der Waals surface area contributed by atoms with Gasteiger partial charge in [-0.2, -0.15) is 4.98 Å². The third-order valence-electron chi connectivity index (χ3n) is 3.64. The van der Waals surface area contributed by atoms with E-state index in [0.717, 1.165) is 4.88 Å². The number of para-hydroxylation sites is 1. The molecule has 1 amide bonds. The summed E-state index contributed by atoms with van der Waals surface area (Å²) in [6.07, 6.45) is 0. The van der Waals surface area contributed by atoms with E-state index in [4.69, 9.17) is 9.26 Å². The van der Waals surface area contributed by atoms with Crippen LogP contribution in [-0.4, -0.2) is 27.5 Å². The van der Waals surface area contributed by atoms with Crippen LogP contribution in [0.3, 0.4) is 0 Å². The number of carbonyl (C=O) groups is 1. The Hall–Kier alpha value is -2.67. The van der Waals surface area contributed by atoms with Crippen molar-refractivity contribution in [1.29, 1.82) is 0 Å². The van der Waals surface area contributed by atoms with Crippen molar-refractivity contribution in [3.8, 4) is 5.75 Å². The standard InChI is InChI=1S/C18H19N3O3S/c1-3-21(11-14-7-6-10-25-14)18(22)15-8-4-5-9-16(15)23-12-17-19-13(2)24-20-17/h4-10H,3,11-12H2,1-2H3. The average molecular weight is 357 g/mol. The smallest absolute Gasteiger partial charge is 0.257 e. The number of ether oxygens (including phenoxy) is 1. The fourth-order valence-electron chi connectivity index (χ4n) is 2.40. The van der Waals surface area contributed by atoms with Crippen molar-refractivity contribution in [2.24, 2.45) is 0 Å². The van der Waals surface area contributed by atoms with Crippen molar-refractivity contribution >= 4 is 17.2 Å². The van der Waals surface area contributed by atoms with Crippen molar-refractivity contribution < 1.29 is 14.1 Å². The quantitative estimate of drug-likeness (QED) is 0.645. The van der Waals surface area contributed by atoms with Gasteiger partial charge >= 0.3 is 0 Å². The zero-order chi connectivity index (χ0) is 17.6. The van der Waals surface area contributed by atoms with Gasteiger partial charge in [0.05, 0.1) is 12.1 Å². The van der Waals surface area contributed by atoms with Crippen LogP contribution in [0.2, 0.25) is 0 Å². The molecule has 0 spiro atoms. The first-order chi connectivity index (χ1) is 12.2. The van der Waals surface area contributed by atoms with E-state index in [2.05, 4.69) is 10.1 Å². The number of hydrogen-bond donors (Lipinski definition) is 0. The SMILES string of the molecule is CCN(Cc1cccs1)C(=O)c1ccccc1OCc1noc(C)n1. The van der Waals surface area contributed by atoms with E-state index in [9.17, 15) is 4.79 Å². The molecule has 1 aromatic carbocycles. The molecule has 0 N–H and O–H groups in total. The number of thiophene rings is 1. The first-order valence-electron chi connectivity index (χ1n) is 8.00. The second-order valence-electron chi connectivity index (χ2n) is 5.41. The van der Waals surface area contributed by atoms with Crippen LogP contribution in [-0.2, 0) is 13.2 Å². The van der Waals surface area contributed by atoms with E-state index in [1.807, 2.05) is 36.6 Å². The second kappa shape index (κ2) is 7.94. The van der Waals surface area contributed by atoms with Gasteiger partial charge in [-0.15, -0.1) is 11.3 Å². The Morgan fingerprint density at radius 3 is 2.80 bits per heavy atom. The maximum Gasteiger partial charge on any atom is 0.257 e. The first-order valence-corrected chi connectivity index (χ1v) is 8.88. The van der Waals surface area contributed by atoms with E-state index >= 15 is 0 Å². The van der Waals surface area contributed by atoms with Crippen LogP contribution in [0.1, 0.15) is 33.9 Å². The molecule has 0 aliphatic carbocycles. The van der Waals surface area contributed by atoms with Gasteiger partial charge < -0.3 is 14.2 Å². The zero-order valence-corrected chi connectivity index (χ0v) is 15.0. The van der Waals surface area contributed by atoms with Gasteiger partial charge in [0.15, 0.2) is 6.61 Å². The highest BCUT2D eigenvalue weighted by Crippen LogP contribution is 2.22. The summed E-state index contributed by atoms with van der Waals surface area (Å²) in [6, 6.07) is 11.2. The minimum Gasteiger partial charge on any atom is -0.485 e. The molecule has 2 heterocycles. The van der Waals surface area contributed by atoms with Gasteiger partial charge in [-0.05, 0) is 30.5 Å². The van der Waals surface area contributed by atoms with E-state index in [0.29, 0.717) is 36.1 Å². The summed E-state index contributed by atoms with van der Waals surface area (Å²) in [5.74, 6) is 1.39. The molecule has 0 aliphatic rings. The maximum atomic E-state index is 12.9. The summed E-state index contributed by atoms with van der Waals surface area (Å²) in [5.41, 5.74) is 0.529. The first kappa shape index (κ1) is 17.2. The monoisotopic (exact) mass is 357 g/mol. The third-order valence-corrected chi connectivity index (χ3v) is 4.50. The molecule has 130 valence electrons. The highest BCUT2D eigenvalue weighted by atomic mass is 32.1. The summed E-state index contributed by atoms with van der Waals surface area (Å²) in [4.78, 5) is 20.0. The van der Waals surface area contributed by atoms with E-state index < -0.39 is 0 Å². The Balaban J connectivity index is 1.75. The van der Waals surface area contributed by atoms with Gasteiger partial charge in [-0.25, -0.2) is 0 Å². The molecule has 0 saturated heterocycles. The molecule has 0 saturated carbocycles. The molecule has 7 heteroatoms. The average Bonchev–Trinajstić information content (AvgIpc) is 3.29. The van der Waals surface area contributed by atoms with Crippen LogP contribution in [0.4, 0.5) is 0 Å². The Bertz CT molecular complexity index is 830. The highest BCUT2D eigenvalue weighted by molar-refractivity contribution is 7.09. The van der Waals surface area contributed by atoms with Crippen LogP contribution < -0.4 is 4.74 Å². The lowest BCUT2D eigenvalue weighted by Gasteiger charge is -2.21. The van der Waals surface area contributed by atoms with Crippen LogP contribution in [0.15, 0.2) is 46.3 Å². The number of carbonyl (C=O) groups excluding carboxylic acids is 1. The van der Waals surface area contributed by atoms with Crippen molar-refractivity contribution in [2.45, 2.75) is 27.0 Å². The number of aryl methyl sites for hydroxylation is 1. The van der Waals surface area contributed by atoms with Gasteiger partial charge in [0, 0.05) is 18.3 Å². The lowest BCUT2D eigenvalue weighted by atomic mass is 10.1. The fourth-order valence-corrected chi connectivity index (χ4v) is 3.12. The van der Waals surface area contributed by atoms with Crippen LogP contribution in [0.25, 0.3) is 0 Å². The number of rotatable bonds is 7. The second-order valence-corrected chi connectivity index (χ2v) is 6.45. The van der Waals surface area contributed by atoms with Gasteiger partial charge in [0.1, 0.15) is 5.75 Å². The number of nitrogens with zero attached hydrogens (tertiary/aromatic N) is 3. The molecule has 3 rings (SSSR count). The molecule has 0 bridgehead atoms. The van der Waals surface area contributed by atoms with Gasteiger partial charge in [0.2, 0.25) is 11.7 Å². The summed E-state index contributed by atoms with van der Waals surface area (Å²) in [6.45, 7) is 5.05. The highest BCUT2D eigenvalue weighted by Gasteiger charge is 2.19. The minimum absolute atomic E-state index is 0.0595. The Morgan fingerprint density at radius 1 is 1.28 bits per heavy atom. The Kier molecular flexibility index (Phi) is 5.45. The number of hydrogen-bond acceptors (Lipinski definition) is 6. The predicted octanol–water partition coefficient (Wildman–Crippen LogP) is 3.68. The lowest BCUT2D eigenvalue weighted by Crippen LogP contribution is -2.30. The van der Waals surface area contributed by atoms with E-state index in [-0.39, 0.29) is 12.5 Å². The molecule has 0 aliphatic heterocycles. The minimum atomic E-state index is -0.0595. The summed E-state index contributed by atoms with van der Waals surface area (Å²) < 4.78 is 10.7. The molecule has 0 fully saturated rings.